The first-order valence-electron chi connectivity index (χ1n) is 8.11. The van der Waals surface area contributed by atoms with Crippen LogP contribution in [0.25, 0.3) is 0 Å². The maximum absolute atomic E-state index is 12.4. The number of hydrogen-bond acceptors (Lipinski definition) is 6. The molecule has 0 bridgehead atoms. The number of rotatable bonds is 6. The Labute approximate surface area is 160 Å². The fraction of sp³-hybridized carbons (Fsp3) is 0.211. The van der Waals surface area contributed by atoms with Gasteiger partial charge in [-0.15, -0.1) is 0 Å². The number of amides is 3. The second kappa shape index (κ2) is 8.13. The van der Waals surface area contributed by atoms with Crippen molar-refractivity contribution >= 4 is 34.5 Å². The first-order valence-corrected chi connectivity index (χ1v) is 9.10. The smallest absolute Gasteiger partial charge is 0.289 e. The van der Waals surface area contributed by atoms with Crippen molar-refractivity contribution in [2.75, 3.05) is 25.3 Å². The Hall–Kier alpha value is -3.00. The van der Waals surface area contributed by atoms with Crippen molar-refractivity contribution in [2.45, 2.75) is 6.54 Å². The molecule has 0 unspecified atom stereocenters. The lowest BCUT2D eigenvalue weighted by molar-refractivity contribution is -0.125. The van der Waals surface area contributed by atoms with Crippen molar-refractivity contribution in [2.24, 2.45) is 0 Å². The van der Waals surface area contributed by atoms with Crippen LogP contribution >= 0.6 is 11.8 Å². The summed E-state index contributed by atoms with van der Waals surface area (Å²) in [6.45, 7) is 0.231. The van der Waals surface area contributed by atoms with Gasteiger partial charge >= 0.3 is 0 Å². The standard InChI is InChI=1S/C19H18N2O5S/c1-25-15-8-5-13(9-16(15)26-2)18(23)20-14-6-3-12(4-7-14)10-21-17(22)11-27-19(21)24/h3-9H,10-11H2,1-2H3,(H,20,23). The molecule has 0 atom stereocenters. The minimum atomic E-state index is -0.287. The van der Waals surface area contributed by atoms with Gasteiger partial charge in [0.2, 0.25) is 5.91 Å². The van der Waals surface area contributed by atoms with Gasteiger partial charge in [-0.05, 0) is 35.9 Å². The van der Waals surface area contributed by atoms with E-state index in [4.69, 9.17) is 9.47 Å². The Morgan fingerprint density at radius 3 is 2.37 bits per heavy atom. The van der Waals surface area contributed by atoms with Gasteiger partial charge in [0.25, 0.3) is 11.1 Å². The summed E-state index contributed by atoms with van der Waals surface area (Å²) in [7, 11) is 3.04. The van der Waals surface area contributed by atoms with Crippen LogP contribution in [0.4, 0.5) is 10.5 Å². The highest BCUT2D eigenvalue weighted by atomic mass is 32.2. The van der Waals surface area contributed by atoms with E-state index in [1.165, 1.54) is 19.1 Å². The van der Waals surface area contributed by atoms with Crippen LogP contribution in [0.5, 0.6) is 11.5 Å². The van der Waals surface area contributed by atoms with Crippen LogP contribution in [-0.4, -0.2) is 41.9 Å². The van der Waals surface area contributed by atoms with Crippen molar-refractivity contribution in [3.05, 3.63) is 53.6 Å². The SMILES string of the molecule is COc1ccc(C(=O)Nc2ccc(CN3C(=O)CSC3=O)cc2)cc1OC. The van der Waals surface area contributed by atoms with Crippen LogP contribution in [0.2, 0.25) is 0 Å². The second-order valence-corrected chi connectivity index (χ2v) is 6.68. The lowest BCUT2D eigenvalue weighted by Gasteiger charge is -2.13. The number of nitrogens with zero attached hydrogens (tertiary/aromatic N) is 1. The molecule has 0 saturated carbocycles. The molecule has 0 spiro atoms. The summed E-state index contributed by atoms with van der Waals surface area (Å²) in [6, 6.07) is 11.9. The molecule has 1 aliphatic rings. The van der Waals surface area contributed by atoms with Crippen molar-refractivity contribution in [3.63, 3.8) is 0 Å². The van der Waals surface area contributed by atoms with Crippen molar-refractivity contribution in [3.8, 4) is 11.5 Å². The highest BCUT2D eigenvalue weighted by Crippen LogP contribution is 2.28. The molecule has 2 aromatic rings. The lowest BCUT2D eigenvalue weighted by Crippen LogP contribution is -2.27. The average molecular weight is 386 g/mol. The molecule has 1 N–H and O–H groups in total. The van der Waals surface area contributed by atoms with Gasteiger partial charge in [-0.2, -0.15) is 0 Å². The van der Waals surface area contributed by atoms with Gasteiger partial charge < -0.3 is 14.8 Å². The molecule has 8 heteroatoms. The number of benzene rings is 2. The Balaban J connectivity index is 1.66. The average Bonchev–Trinajstić information content (AvgIpc) is 3.00. The van der Waals surface area contributed by atoms with Crippen molar-refractivity contribution in [1.29, 1.82) is 0 Å². The summed E-state index contributed by atoms with van der Waals surface area (Å²) in [5.41, 5.74) is 1.84. The third-order valence-corrected chi connectivity index (χ3v) is 4.90. The predicted molar refractivity (Wildman–Crippen MR) is 102 cm³/mol. The van der Waals surface area contributed by atoms with Gasteiger partial charge in [-0.25, -0.2) is 0 Å². The van der Waals surface area contributed by atoms with Crippen LogP contribution < -0.4 is 14.8 Å². The quantitative estimate of drug-likeness (QED) is 0.821. The van der Waals surface area contributed by atoms with E-state index in [0.29, 0.717) is 22.7 Å². The summed E-state index contributed by atoms with van der Waals surface area (Å²) in [5.74, 6) is 0.736. The molecule has 3 amide bonds. The second-order valence-electron chi connectivity index (χ2n) is 5.76. The number of thioether (sulfide) groups is 1. The third kappa shape index (κ3) is 4.22. The monoisotopic (exact) mass is 386 g/mol. The molecule has 1 fully saturated rings. The highest BCUT2D eigenvalue weighted by Gasteiger charge is 2.29. The molecule has 1 heterocycles. The van der Waals surface area contributed by atoms with E-state index in [1.54, 1.807) is 42.5 Å². The zero-order valence-electron chi connectivity index (χ0n) is 14.9. The van der Waals surface area contributed by atoms with Crippen molar-refractivity contribution < 1.29 is 23.9 Å². The zero-order valence-corrected chi connectivity index (χ0v) is 15.7. The fourth-order valence-corrected chi connectivity index (χ4v) is 3.32. The van der Waals surface area contributed by atoms with Gasteiger partial charge in [0, 0.05) is 11.3 Å². The first kappa shape index (κ1) is 18.8. The van der Waals surface area contributed by atoms with Crippen LogP contribution in [0.3, 0.4) is 0 Å². The normalized spacial score (nSPS) is 13.6. The number of methoxy groups -OCH3 is 2. The number of carbonyl (C=O) groups is 3. The molecule has 140 valence electrons. The van der Waals surface area contributed by atoms with Crippen molar-refractivity contribution in [1.82, 2.24) is 4.90 Å². The maximum atomic E-state index is 12.4. The Kier molecular flexibility index (Phi) is 5.66. The first-order chi connectivity index (χ1) is 13.0. The number of carbonyl (C=O) groups excluding carboxylic acids is 3. The number of imide groups is 1. The van der Waals surface area contributed by atoms with Crippen LogP contribution in [0.1, 0.15) is 15.9 Å². The van der Waals surface area contributed by atoms with Gasteiger partial charge in [0.05, 0.1) is 26.5 Å². The van der Waals surface area contributed by atoms with Gasteiger partial charge in [0.15, 0.2) is 11.5 Å². The van der Waals surface area contributed by atoms with Crippen LogP contribution in [-0.2, 0) is 11.3 Å². The van der Waals surface area contributed by atoms with E-state index in [-0.39, 0.29) is 29.4 Å². The fourth-order valence-electron chi connectivity index (χ4n) is 2.59. The molecule has 0 aromatic heterocycles. The molecule has 0 aliphatic carbocycles. The van der Waals surface area contributed by atoms with Crippen LogP contribution in [0, 0.1) is 0 Å². The van der Waals surface area contributed by atoms with E-state index in [0.717, 1.165) is 17.3 Å². The lowest BCUT2D eigenvalue weighted by atomic mass is 10.1. The molecule has 7 nitrogen and oxygen atoms in total. The molecule has 0 radical (unpaired) electrons. The molecular formula is C19H18N2O5S. The van der Waals surface area contributed by atoms with E-state index in [2.05, 4.69) is 5.32 Å². The molecular weight excluding hydrogens is 368 g/mol. The van der Waals surface area contributed by atoms with E-state index < -0.39 is 0 Å². The highest BCUT2D eigenvalue weighted by molar-refractivity contribution is 8.14. The summed E-state index contributed by atoms with van der Waals surface area (Å²) < 4.78 is 10.4. The van der Waals surface area contributed by atoms with E-state index >= 15 is 0 Å². The summed E-state index contributed by atoms with van der Waals surface area (Å²) in [5, 5.41) is 2.57. The molecule has 1 saturated heterocycles. The minimum absolute atomic E-state index is 0.184. The third-order valence-electron chi connectivity index (χ3n) is 4.04. The van der Waals surface area contributed by atoms with Gasteiger partial charge in [-0.3, -0.25) is 19.3 Å². The number of nitrogens with one attached hydrogen (secondary N) is 1. The molecule has 2 aromatic carbocycles. The molecule has 1 aliphatic heterocycles. The summed E-state index contributed by atoms with van der Waals surface area (Å²) >= 11 is 1.01. The van der Waals surface area contributed by atoms with Crippen LogP contribution in [0.15, 0.2) is 42.5 Å². The Bertz CT molecular complexity index is 866. The molecule has 27 heavy (non-hydrogen) atoms. The number of anilines is 1. The summed E-state index contributed by atoms with van der Waals surface area (Å²) in [6.07, 6.45) is 0. The topological polar surface area (TPSA) is 84.9 Å². The van der Waals surface area contributed by atoms with Gasteiger partial charge in [-0.1, -0.05) is 23.9 Å². The number of ether oxygens (including phenoxy) is 2. The van der Waals surface area contributed by atoms with Gasteiger partial charge in [0.1, 0.15) is 0 Å². The van der Waals surface area contributed by atoms with E-state index in [1.807, 2.05) is 0 Å². The minimum Gasteiger partial charge on any atom is -0.493 e. The number of hydrogen-bond donors (Lipinski definition) is 1. The zero-order chi connectivity index (χ0) is 19.4. The van der Waals surface area contributed by atoms with E-state index in [9.17, 15) is 14.4 Å². The Morgan fingerprint density at radius 2 is 1.78 bits per heavy atom. The largest absolute Gasteiger partial charge is 0.493 e. The maximum Gasteiger partial charge on any atom is 0.289 e. The molecule has 3 rings (SSSR count). The summed E-state index contributed by atoms with van der Waals surface area (Å²) in [4.78, 5) is 37.0. The predicted octanol–water partition coefficient (Wildman–Crippen LogP) is 3.15. The Morgan fingerprint density at radius 1 is 1.07 bits per heavy atom.